The SMILES string of the molecule is COc1ccc(CC[C@@H](OC(=O)[C@@H]2CCCCN2C(=O)C(=O)C(C)(C)COC(=O)/C=C\CCC(C)C)c2cc(F)c(F)c(OCC(C)=O)c2)cc1OC. The molecule has 290 valence electrons. The first-order chi connectivity index (χ1) is 25.1. The maximum atomic E-state index is 14.9. The van der Waals surface area contributed by atoms with Crippen LogP contribution in [0, 0.1) is 23.0 Å². The van der Waals surface area contributed by atoms with E-state index in [1.807, 2.05) is 0 Å². The number of amides is 1. The fourth-order valence-corrected chi connectivity index (χ4v) is 5.71. The standard InChI is InChI=1S/C40H51F2NO10/c1-25(2)12-8-9-14-35(45)52-24-40(4,5)37(46)38(47)43-19-11-10-13-30(43)39(48)53-31(17-15-27-16-18-32(49-6)33(20-27)50-7)28-21-29(41)36(42)34(22-28)51-23-26(3)44/h9,14,16,18,20-22,25,30-31H,8,10-13,15,17,19,23-24H2,1-7H3/b14-9-/t30-,31+/m0/s1. The molecule has 1 saturated heterocycles. The summed E-state index contributed by atoms with van der Waals surface area (Å²) in [4.78, 5) is 66.1. The zero-order valence-electron chi connectivity index (χ0n) is 31.6. The molecule has 1 amide bonds. The normalized spacial score (nSPS) is 15.2. The predicted octanol–water partition coefficient (Wildman–Crippen LogP) is 6.68. The Labute approximate surface area is 309 Å². The van der Waals surface area contributed by atoms with Gasteiger partial charge < -0.3 is 28.6 Å². The molecule has 11 nitrogen and oxygen atoms in total. The molecule has 1 aliphatic heterocycles. The molecular weight excluding hydrogens is 692 g/mol. The highest BCUT2D eigenvalue weighted by Crippen LogP contribution is 2.34. The number of ketones is 2. The quantitative estimate of drug-likeness (QED) is 0.0872. The summed E-state index contributed by atoms with van der Waals surface area (Å²) in [5, 5.41) is 0. The van der Waals surface area contributed by atoms with Crippen LogP contribution in [0.1, 0.15) is 90.4 Å². The Bertz CT molecular complexity index is 1650. The van der Waals surface area contributed by atoms with E-state index in [2.05, 4.69) is 13.8 Å². The highest BCUT2D eigenvalue weighted by molar-refractivity contribution is 6.38. The third-order valence-electron chi connectivity index (χ3n) is 8.81. The Kier molecular flexibility index (Phi) is 16.0. The second-order valence-electron chi connectivity index (χ2n) is 14.2. The summed E-state index contributed by atoms with van der Waals surface area (Å²) in [6.45, 7) is 7.59. The van der Waals surface area contributed by atoms with Crippen LogP contribution in [0.3, 0.4) is 0 Å². The second kappa shape index (κ2) is 19.9. The van der Waals surface area contributed by atoms with Crippen LogP contribution in [0.15, 0.2) is 42.5 Å². The highest BCUT2D eigenvalue weighted by atomic mass is 19.2. The Morgan fingerprint density at radius 3 is 2.34 bits per heavy atom. The van der Waals surface area contributed by atoms with Gasteiger partial charge in [0.1, 0.15) is 25.4 Å². The zero-order valence-corrected chi connectivity index (χ0v) is 31.6. The molecule has 2 aromatic rings. The maximum Gasteiger partial charge on any atom is 0.330 e. The Balaban J connectivity index is 1.84. The molecule has 1 fully saturated rings. The number of aryl methyl sites for hydroxylation is 1. The Morgan fingerprint density at radius 2 is 1.68 bits per heavy atom. The minimum atomic E-state index is -1.39. The average molecular weight is 744 g/mol. The maximum absolute atomic E-state index is 14.9. The summed E-state index contributed by atoms with van der Waals surface area (Å²) in [5.41, 5.74) is -0.579. The molecule has 0 aromatic heterocycles. The fraction of sp³-hybridized carbons (Fsp3) is 0.525. The van der Waals surface area contributed by atoms with E-state index in [4.69, 9.17) is 23.7 Å². The van der Waals surface area contributed by atoms with Gasteiger partial charge in [-0.3, -0.25) is 14.4 Å². The van der Waals surface area contributed by atoms with Crippen molar-refractivity contribution in [2.24, 2.45) is 11.3 Å². The van der Waals surface area contributed by atoms with Crippen LogP contribution in [-0.4, -0.2) is 74.3 Å². The van der Waals surface area contributed by atoms with Gasteiger partial charge in [0.05, 0.1) is 19.6 Å². The number of carbonyl (C=O) groups excluding carboxylic acids is 5. The average Bonchev–Trinajstić information content (AvgIpc) is 3.13. The first-order valence-corrected chi connectivity index (χ1v) is 17.8. The van der Waals surface area contributed by atoms with E-state index >= 15 is 0 Å². The Hall–Kier alpha value is -4.81. The number of rotatable bonds is 19. The number of esters is 2. The van der Waals surface area contributed by atoms with Gasteiger partial charge in [-0.25, -0.2) is 14.0 Å². The number of piperidine rings is 1. The van der Waals surface area contributed by atoms with Gasteiger partial charge in [0.2, 0.25) is 11.6 Å². The molecule has 0 unspecified atom stereocenters. The van der Waals surface area contributed by atoms with Crippen LogP contribution in [0.25, 0.3) is 0 Å². The van der Waals surface area contributed by atoms with Crippen LogP contribution >= 0.6 is 0 Å². The van der Waals surface area contributed by atoms with Gasteiger partial charge in [0.25, 0.3) is 5.91 Å². The first kappa shape index (κ1) is 42.6. The van der Waals surface area contributed by atoms with E-state index < -0.39 is 71.0 Å². The van der Waals surface area contributed by atoms with Crippen molar-refractivity contribution in [2.45, 2.75) is 91.7 Å². The summed E-state index contributed by atoms with van der Waals surface area (Å²) in [5.74, 6) is -5.33. The van der Waals surface area contributed by atoms with Crippen LogP contribution in [0.5, 0.6) is 17.2 Å². The van der Waals surface area contributed by atoms with Crippen molar-refractivity contribution in [2.75, 3.05) is 34.0 Å². The largest absolute Gasteiger partial charge is 0.493 e. The monoisotopic (exact) mass is 743 g/mol. The van der Waals surface area contributed by atoms with Crippen molar-refractivity contribution >= 4 is 29.4 Å². The number of allylic oxidation sites excluding steroid dienone is 1. The number of halogens is 2. The lowest BCUT2D eigenvalue weighted by atomic mass is 9.87. The lowest BCUT2D eigenvalue weighted by Gasteiger charge is -2.36. The number of benzene rings is 2. The van der Waals surface area contributed by atoms with Crippen molar-refractivity contribution in [3.8, 4) is 17.2 Å². The van der Waals surface area contributed by atoms with E-state index in [9.17, 15) is 32.8 Å². The summed E-state index contributed by atoms with van der Waals surface area (Å²) in [7, 11) is 2.98. The van der Waals surface area contributed by atoms with Gasteiger partial charge in [-0.05, 0) is 107 Å². The molecule has 0 bridgehead atoms. The second-order valence-corrected chi connectivity index (χ2v) is 14.2. The number of ether oxygens (including phenoxy) is 5. The van der Waals surface area contributed by atoms with E-state index in [1.54, 1.807) is 24.3 Å². The van der Waals surface area contributed by atoms with Gasteiger partial charge in [0, 0.05) is 12.6 Å². The number of nitrogens with zero attached hydrogens (tertiary/aromatic N) is 1. The lowest BCUT2D eigenvalue weighted by Crippen LogP contribution is -2.53. The summed E-state index contributed by atoms with van der Waals surface area (Å²) in [6, 6.07) is 6.13. The van der Waals surface area contributed by atoms with Crippen LogP contribution < -0.4 is 14.2 Å². The van der Waals surface area contributed by atoms with Crippen molar-refractivity contribution < 1.29 is 56.4 Å². The molecular formula is C40H51F2NO10. The van der Waals surface area contributed by atoms with Crippen molar-refractivity contribution in [3.05, 3.63) is 65.2 Å². The number of hydrogen-bond acceptors (Lipinski definition) is 10. The van der Waals surface area contributed by atoms with Gasteiger partial charge in [-0.2, -0.15) is 4.39 Å². The molecule has 13 heteroatoms. The van der Waals surface area contributed by atoms with Crippen LogP contribution in [0.4, 0.5) is 8.78 Å². The lowest BCUT2D eigenvalue weighted by molar-refractivity contribution is -0.165. The van der Waals surface area contributed by atoms with Crippen LogP contribution in [0.2, 0.25) is 0 Å². The molecule has 2 aromatic carbocycles. The molecule has 3 rings (SSSR count). The number of hydrogen-bond donors (Lipinski definition) is 0. The summed E-state index contributed by atoms with van der Waals surface area (Å²) >= 11 is 0. The van der Waals surface area contributed by atoms with Gasteiger partial charge in [0.15, 0.2) is 28.8 Å². The first-order valence-electron chi connectivity index (χ1n) is 17.8. The molecule has 0 N–H and O–H groups in total. The molecule has 0 aliphatic carbocycles. The van der Waals surface area contributed by atoms with E-state index in [0.29, 0.717) is 36.7 Å². The number of Topliss-reactive ketones (excluding diaryl/α,β-unsaturated/α-hetero) is 2. The van der Waals surface area contributed by atoms with E-state index in [0.717, 1.165) is 18.1 Å². The van der Waals surface area contributed by atoms with Crippen molar-refractivity contribution in [1.82, 2.24) is 4.90 Å². The summed E-state index contributed by atoms with van der Waals surface area (Å²) in [6.07, 6.45) is 5.09. The van der Waals surface area contributed by atoms with Crippen molar-refractivity contribution in [3.63, 3.8) is 0 Å². The number of methoxy groups -OCH3 is 2. The number of carbonyl (C=O) groups is 5. The zero-order chi connectivity index (χ0) is 39.3. The molecule has 1 heterocycles. The minimum absolute atomic E-state index is 0.0576. The third kappa shape index (κ3) is 12.4. The minimum Gasteiger partial charge on any atom is -0.493 e. The van der Waals surface area contributed by atoms with Gasteiger partial charge >= 0.3 is 11.9 Å². The van der Waals surface area contributed by atoms with Crippen LogP contribution in [-0.2, 0) is 39.9 Å². The van der Waals surface area contributed by atoms with E-state index in [-0.39, 0.29) is 38.0 Å². The van der Waals surface area contributed by atoms with Gasteiger partial charge in [-0.15, -0.1) is 0 Å². The predicted molar refractivity (Wildman–Crippen MR) is 192 cm³/mol. The molecule has 0 saturated carbocycles. The topological polar surface area (TPSA) is 135 Å². The molecule has 0 radical (unpaired) electrons. The molecule has 2 atom stereocenters. The van der Waals surface area contributed by atoms with Crippen molar-refractivity contribution in [1.29, 1.82) is 0 Å². The third-order valence-corrected chi connectivity index (χ3v) is 8.81. The van der Waals surface area contributed by atoms with Gasteiger partial charge in [-0.1, -0.05) is 26.0 Å². The fourth-order valence-electron chi connectivity index (χ4n) is 5.71. The highest BCUT2D eigenvalue weighted by Gasteiger charge is 2.42. The summed E-state index contributed by atoms with van der Waals surface area (Å²) < 4.78 is 56.8. The van der Waals surface area contributed by atoms with E-state index in [1.165, 1.54) is 52.0 Å². The molecule has 0 spiro atoms. The molecule has 53 heavy (non-hydrogen) atoms. The molecule has 1 aliphatic rings. The Morgan fingerprint density at radius 1 is 0.962 bits per heavy atom. The number of likely N-dealkylation sites (tertiary alicyclic amines) is 1. The smallest absolute Gasteiger partial charge is 0.330 e.